The van der Waals surface area contributed by atoms with Crippen molar-refractivity contribution in [1.82, 2.24) is 0 Å². The molecule has 92 valence electrons. The number of aryl methyl sites for hydroxylation is 1. The molecular formula is C15H21NO. The highest BCUT2D eigenvalue weighted by Crippen LogP contribution is 2.47. The summed E-state index contributed by atoms with van der Waals surface area (Å²) in [6.45, 7) is 6.71. The largest absolute Gasteiger partial charge is 0.411 e. The molecule has 2 rings (SSSR count). The van der Waals surface area contributed by atoms with E-state index in [-0.39, 0.29) is 5.41 Å². The molecule has 0 amide bonds. The first-order valence-corrected chi connectivity index (χ1v) is 6.32. The molecule has 0 spiro atoms. The maximum Gasteiger partial charge on any atom is 0.0469 e. The van der Waals surface area contributed by atoms with Gasteiger partial charge in [0.15, 0.2) is 0 Å². The molecule has 2 heteroatoms. The Kier molecular flexibility index (Phi) is 3.23. The fourth-order valence-corrected chi connectivity index (χ4v) is 3.05. The summed E-state index contributed by atoms with van der Waals surface area (Å²) in [5.74, 6) is 0.910. The molecule has 1 N–H and O–H groups in total. The Morgan fingerprint density at radius 1 is 1.35 bits per heavy atom. The van der Waals surface area contributed by atoms with E-state index in [1.165, 1.54) is 11.1 Å². The number of rotatable bonds is 2. The van der Waals surface area contributed by atoms with Gasteiger partial charge in [-0.1, -0.05) is 43.7 Å². The maximum atomic E-state index is 8.69. The Bertz CT molecular complexity index is 409. The van der Waals surface area contributed by atoms with Crippen LogP contribution < -0.4 is 0 Å². The van der Waals surface area contributed by atoms with Gasteiger partial charge in [0.1, 0.15) is 0 Å². The molecule has 1 fully saturated rings. The molecular weight excluding hydrogens is 210 g/mol. The van der Waals surface area contributed by atoms with Crippen LogP contribution in [-0.4, -0.2) is 11.4 Å². The summed E-state index contributed by atoms with van der Waals surface area (Å²) in [6.07, 6.45) is 3.97. The van der Waals surface area contributed by atoms with Crippen molar-refractivity contribution in [1.29, 1.82) is 0 Å². The number of nitrogens with zero attached hydrogens (tertiary/aromatic N) is 1. The van der Waals surface area contributed by atoms with Crippen molar-refractivity contribution in [3.05, 3.63) is 35.4 Å². The number of oxime groups is 1. The normalized spacial score (nSPS) is 33.4. The molecule has 17 heavy (non-hydrogen) atoms. The van der Waals surface area contributed by atoms with E-state index in [2.05, 4.69) is 50.2 Å². The standard InChI is InChI=1S/C15H21NO/c1-11-4-6-14(7-5-11)15(3)9-8-13(10-16-17)12(15)2/h4-7,10,12-13,17H,8-9H2,1-3H3. The first-order chi connectivity index (χ1) is 8.08. The van der Waals surface area contributed by atoms with Crippen molar-refractivity contribution in [2.24, 2.45) is 17.0 Å². The van der Waals surface area contributed by atoms with Crippen LogP contribution >= 0.6 is 0 Å². The van der Waals surface area contributed by atoms with Gasteiger partial charge in [0, 0.05) is 12.1 Å². The molecule has 3 atom stereocenters. The summed E-state index contributed by atoms with van der Waals surface area (Å²) < 4.78 is 0. The van der Waals surface area contributed by atoms with Gasteiger partial charge in [-0.25, -0.2) is 0 Å². The molecule has 0 aromatic heterocycles. The van der Waals surface area contributed by atoms with E-state index in [9.17, 15) is 0 Å². The highest BCUT2D eigenvalue weighted by molar-refractivity contribution is 5.61. The lowest BCUT2D eigenvalue weighted by Gasteiger charge is -2.31. The van der Waals surface area contributed by atoms with Gasteiger partial charge in [-0.3, -0.25) is 0 Å². The van der Waals surface area contributed by atoms with Gasteiger partial charge in [0.05, 0.1) is 0 Å². The third-order valence-corrected chi connectivity index (χ3v) is 4.61. The first kappa shape index (κ1) is 12.2. The topological polar surface area (TPSA) is 32.6 Å². The molecule has 3 unspecified atom stereocenters. The van der Waals surface area contributed by atoms with Crippen LogP contribution in [0.15, 0.2) is 29.4 Å². The van der Waals surface area contributed by atoms with Crippen LogP contribution in [0.2, 0.25) is 0 Å². The lowest BCUT2D eigenvalue weighted by Crippen LogP contribution is -2.27. The lowest BCUT2D eigenvalue weighted by molar-refractivity contribution is 0.309. The fraction of sp³-hybridized carbons (Fsp3) is 0.533. The third-order valence-electron chi connectivity index (χ3n) is 4.61. The van der Waals surface area contributed by atoms with Crippen LogP contribution in [0, 0.1) is 18.8 Å². The van der Waals surface area contributed by atoms with Gasteiger partial charge in [0.25, 0.3) is 0 Å². The second kappa shape index (κ2) is 4.52. The fourth-order valence-electron chi connectivity index (χ4n) is 3.05. The lowest BCUT2D eigenvalue weighted by atomic mass is 9.73. The van der Waals surface area contributed by atoms with Crippen molar-refractivity contribution in [2.45, 2.75) is 39.0 Å². The molecule has 0 aliphatic heterocycles. The van der Waals surface area contributed by atoms with Gasteiger partial charge in [-0.05, 0) is 36.7 Å². The Hall–Kier alpha value is -1.31. The predicted octanol–water partition coefficient (Wildman–Crippen LogP) is 3.76. The third kappa shape index (κ3) is 2.08. The monoisotopic (exact) mass is 231 g/mol. The van der Waals surface area contributed by atoms with Gasteiger partial charge in [-0.2, -0.15) is 0 Å². The van der Waals surface area contributed by atoms with Crippen LogP contribution in [0.3, 0.4) is 0 Å². The minimum absolute atomic E-state index is 0.208. The summed E-state index contributed by atoms with van der Waals surface area (Å²) >= 11 is 0. The predicted molar refractivity (Wildman–Crippen MR) is 70.7 cm³/mol. The van der Waals surface area contributed by atoms with Crippen molar-refractivity contribution in [2.75, 3.05) is 0 Å². The molecule has 1 saturated carbocycles. The summed E-state index contributed by atoms with van der Waals surface area (Å²) in [4.78, 5) is 0. The Balaban J connectivity index is 2.28. The van der Waals surface area contributed by atoms with E-state index in [0.29, 0.717) is 11.8 Å². The van der Waals surface area contributed by atoms with E-state index >= 15 is 0 Å². The molecule has 1 aromatic rings. The summed E-state index contributed by atoms with van der Waals surface area (Å²) in [6, 6.07) is 8.84. The molecule has 1 aliphatic carbocycles. The Morgan fingerprint density at radius 2 is 2.00 bits per heavy atom. The Morgan fingerprint density at radius 3 is 2.59 bits per heavy atom. The molecule has 0 radical (unpaired) electrons. The minimum atomic E-state index is 0.208. The van der Waals surface area contributed by atoms with Gasteiger partial charge < -0.3 is 5.21 Å². The van der Waals surface area contributed by atoms with E-state index < -0.39 is 0 Å². The van der Waals surface area contributed by atoms with Crippen molar-refractivity contribution in [3.63, 3.8) is 0 Å². The molecule has 1 aromatic carbocycles. The van der Waals surface area contributed by atoms with Gasteiger partial charge >= 0.3 is 0 Å². The van der Waals surface area contributed by atoms with Crippen molar-refractivity contribution in [3.8, 4) is 0 Å². The van der Waals surface area contributed by atoms with Crippen LogP contribution in [0.25, 0.3) is 0 Å². The van der Waals surface area contributed by atoms with Crippen molar-refractivity contribution >= 4 is 6.21 Å². The summed E-state index contributed by atoms with van der Waals surface area (Å²) in [5.41, 5.74) is 2.92. The zero-order valence-electron chi connectivity index (χ0n) is 10.9. The van der Waals surface area contributed by atoms with Crippen LogP contribution in [0.1, 0.15) is 37.8 Å². The van der Waals surface area contributed by atoms with Crippen LogP contribution in [0.4, 0.5) is 0 Å². The summed E-state index contributed by atoms with van der Waals surface area (Å²) in [7, 11) is 0. The molecule has 2 nitrogen and oxygen atoms in total. The number of hydrogen-bond acceptors (Lipinski definition) is 2. The van der Waals surface area contributed by atoms with Gasteiger partial charge in [-0.15, -0.1) is 5.16 Å². The van der Waals surface area contributed by atoms with Crippen LogP contribution in [0.5, 0.6) is 0 Å². The first-order valence-electron chi connectivity index (χ1n) is 6.32. The average molecular weight is 231 g/mol. The highest BCUT2D eigenvalue weighted by atomic mass is 16.4. The van der Waals surface area contributed by atoms with E-state index in [0.717, 1.165) is 12.8 Å². The SMILES string of the molecule is Cc1ccc(C2(C)CCC(C=NO)C2C)cc1. The Labute approximate surface area is 103 Å². The van der Waals surface area contributed by atoms with E-state index in [4.69, 9.17) is 5.21 Å². The van der Waals surface area contributed by atoms with Gasteiger partial charge in [0.2, 0.25) is 0 Å². The second-order valence-electron chi connectivity index (χ2n) is 5.54. The number of hydrogen-bond donors (Lipinski definition) is 1. The maximum absolute atomic E-state index is 8.69. The highest BCUT2D eigenvalue weighted by Gasteiger charge is 2.42. The molecule has 0 saturated heterocycles. The quantitative estimate of drug-likeness (QED) is 0.469. The molecule has 0 bridgehead atoms. The summed E-state index contributed by atoms with van der Waals surface area (Å²) in [5, 5.41) is 11.9. The minimum Gasteiger partial charge on any atom is -0.411 e. The van der Waals surface area contributed by atoms with Crippen molar-refractivity contribution < 1.29 is 5.21 Å². The molecule has 0 heterocycles. The van der Waals surface area contributed by atoms with E-state index in [1.807, 2.05) is 0 Å². The van der Waals surface area contributed by atoms with Crippen LogP contribution in [-0.2, 0) is 5.41 Å². The molecule has 1 aliphatic rings. The zero-order valence-corrected chi connectivity index (χ0v) is 10.9. The average Bonchev–Trinajstić information content (AvgIpc) is 2.60. The zero-order chi connectivity index (χ0) is 12.5. The second-order valence-corrected chi connectivity index (χ2v) is 5.54. The van der Waals surface area contributed by atoms with E-state index in [1.54, 1.807) is 6.21 Å². The smallest absolute Gasteiger partial charge is 0.0469 e. The number of benzene rings is 1.